The minimum Gasteiger partial charge on any atom is -0.287 e. The Labute approximate surface area is 116 Å². The van der Waals surface area contributed by atoms with E-state index in [0.717, 1.165) is 0 Å². The average molecular weight is 296 g/mol. The van der Waals surface area contributed by atoms with Gasteiger partial charge in [0.15, 0.2) is 0 Å². The second-order valence-corrected chi connectivity index (χ2v) is 4.03. The Hall–Kier alpha value is -2.77. The molecule has 0 aliphatic rings. The number of ketones is 1. The fourth-order valence-electron chi connectivity index (χ4n) is 1.69. The van der Waals surface area contributed by atoms with E-state index in [1.165, 1.54) is 24.4 Å². The van der Waals surface area contributed by atoms with Gasteiger partial charge in [-0.2, -0.15) is 13.2 Å². The highest BCUT2D eigenvalue weighted by Gasteiger charge is 2.33. The normalized spacial score (nSPS) is 11.2. The van der Waals surface area contributed by atoms with E-state index in [2.05, 4.69) is 4.98 Å². The van der Waals surface area contributed by atoms with Gasteiger partial charge in [0.2, 0.25) is 5.78 Å². The topological polar surface area (TPSA) is 73.1 Å². The number of rotatable bonds is 3. The number of nitro benzene ring substituents is 1. The van der Waals surface area contributed by atoms with Crippen molar-refractivity contribution < 1.29 is 22.9 Å². The third-order valence-electron chi connectivity index (χ3n) is 2.66. The third kappa shape index (κ3) is 3.04. The standard InChI is InChI=1S/C13H7F3N2O3/c14-13(15,16)8-4-5-11(18(20)21)9(7-8)12(19)10-3-1-2-6-17-10/h1-7H. The van der Waals surface area contributed by atoms with Gasteiger partial charge in [0, 0.05) is 12.3 Å². The molecule has 1 heterocycles. The number of pyridine rings is 1. The Morgan fingerprint density at radius 1 is 1.19 bits per heavy atom. The summed E-state index contributed by atoms with van der Waals surface area (Å²) in [6, 6.07) is 5.94. The molecule has 0 saturated carbocycles. The Kier molecular flexibility index (Phi) is 3.70. The molecule has 8 heteroatoms. The molecule has 108 valence electrons. The van der Waals surface area contributed by atoms with Gasteiger partial charge in [0.1, 0.15) is 11.3 Å². The first-order valence-electron chi connectivity index (χ1n) is 5.62. The highest BCUT2D eigenvalue weighted by atomic mass is 19.4. The molecule has 5 nitrogen and oxygen atoms in total. The van der Waals surface area contributed by atoms with E-state index in [9.17, 15) is 28.1 Å². The Balaban J connectivity index is 2.59. The number of alkyl halides is 3. The smallest absolute Gasteiger partial charge is 0.287 e. The lowest BCUT2D eigenvalue weighted by molar-refractivity contribution is -0.385. The highest BCUT2D eigenvalue weighted by Crippen LogP contribution is 2.33. The van der Waals surface area contributed by atoms with E-state index < -0.39 is 33.7 Å². The summed E-state index contributed by atoms with van der Waals surface area (Å²) in [5.74, 6) is -0.937. The minimum absolute atomic E-state index is 0.167. The number of carbonyl (C=O) groups is 1. The zero-order chi connectivity index (χ0) is 15.6. The van der Waals surface area contributed by atoms with E-state index in [1.807, 2.05) is 0 Å². The lowest BCUT2D eigenvalue weighted by atomic mass is 10.0. The Morgan fingerprint density at radius 2 is 1.90 bits per heavy atom. The number of hydrogen-bond acceptors (Lipinski definition) is 4. The van der Waals surface area contributed by atoms with Crippen LogP contribution in [0.1, 0.15) is 21.6 Å². The second kappa shape index (κ2) is 5.31. The van der Waals surface area contributed by atoms with E-state index in [-0.39, 0.29) is 5.69 Å². The molecular weight excluding hydrogens is 289 g/mol. The van der Waals surface area contributed by atoms with Crippen LogP contribution < -0.4 is 0 Å². The van der Waals surface area contributed by atoms with E-state index >= 15 is 0 Å². The molecule has 0 saturated heterocycles. The first-order chi connectivity index (χ1) is 9.80. The number of aromatic nitrogens is 1. The molecule has 0 bridgehead atoms. The summed E-state index contributed by atoms with van der Waals surface area (Å²) < 4.78 is 38.0. The van der Waals surface area contributed by atoms with Gasteiger partial charge in [-0.05, 0) is 24.3 Å². The third-order valence-corrected chi connectivity index (χ3v) is 2.66. The SMILES string of the molecule is O=C(c1ccccn1)c1cc(C(F)(F)F)ccc1[N+](=O)[O-]. The van der Waals surface area contributed by atoms with Gasteiger partial charge in [0.05, 0.1) is 10.5 Å². The molecule has 0 atom stereocenters. The maximum atomic E-state index is 12.7. The molecule has 1 aromatic heterocycles. The van der Waals surface area contributed by atoms with Crippen LogP contribution in [0.2, 0.25) is 0 Å². The first-order valence-corrected chi connectivity index (χ1v) is 5.62. The predicted octanol–water partition coefficient (Wildman–Crippen LogP) is 3.24. The van der Waals surface area contributed by atoms with Crippen LogP contribution in [0.3, 0.4) is 0 Å². The molecule has 0 aliphatic heterocycles. The summed E-state index contributed by atoms with van der Waals surface area (Å²) in [7, 11) is 0. The largest absolute Gasteiger partial charge is 0.416 e. The fraction of sp³-hybridized carbons (Fsp3) is 0.0769. The molecule has 0 fully saturated rings. The molecule has 2 rings (SSSR count). The zero-order valence-electron chi connectivity index (χ0n) is 10.3. The quantitative estimate of drug-likeness (QED) is 0.495. The number of carbonyl (C=O) groups excluding carboxylic acids is 1. The number of benzene rings is 1. The van der Waals surface area contributed by atoms with E-state index in [1.54, 1.807) is 0 Å². The lowest BCUT2D eigenvalue weighted by Crippen LogP contribution is -2.11. The molecule has 0 spiro atoms. The minimum atomic E-state index is -4.70. The number of nitro groups is 1. The molecule has 0 N–H and O–H groups in total. The summed E-state index contributed by atoms with van der Waals surface area (Å²) in [6.07, 6.45) is -3.43. The summed E-state index contributed by atoms with van der Waals surface area (Å²) in [6.45, 7) is 0. The highest BCUT2D eigenvalue weighted by molar-refractivity contribution is 6.10. The molecule has 0 amide bonds. The van der Waals surface area contributed by atoms with Crippen LogP contribution in [0, 0.1) is 10.1 Å². The van der Waals surface area contributed by atoms with Crippen molar-refractivity contribution in [2.45, 2.75) is 6.18 Å². The summed E-state index contributed by atoms with van der Waals surface area (Å²) in [5.41, 5.74) is -2.64. The molecule has 21 heavy (non-hydrogen) atoms. The monoisotopic (exact) mass is 296 g/mol. The van der Waals surface area contributed by atoms with Crippen molar-refractivity contribution >= 4 is 11.5 Å². The van der Waals surface area contributed by atoms with Crippen LogP contribution in [0.15, 0.2) is 42.6 Å². The van der Waals surface area contributed by atoms with Gasteiger partial charge in [-0.15, -0.1) is 0 Å². The van der Waals surface area contributed by atoms with Gasteiger partial charge in [-0.1, -0.05) is 6.07 Å². The summed E-state index contributed by atoms with van der Waals surface area (Å²) in [4.78, 5) is 25.8. The maximum Gasteiger partial charge on any atom is 0.416 e. The first kappa shape index (κ1) is 14.6. The van der Waals surface area contributed by atoms with Crippen LogP contribution in [0.25, 0.3) is 0 Å². The van der Waals surface area contributed by atoms with Crippen molar-refractivity contribution in [2.24, 2.45) is 0 Å². The van der Waals surface area contributed by atoms with Gasteiger partial charge in [-0.25, -0.2) is 0 Å². The van der Waals surface area contributed by atoms with Crippen molar-refractivity contribution in [1.29, 1.82) is 0 Å². The molecule has 1 aromatic carbocycles. The molecule has 0 radical (unpaired) electrons. The van der Waals surface area contributed by atoms with Gasteiger partial charge in [-0.3, -0.25) is 19.9 Å². The van der Waals surface area contributed by atoms with Gasteiger partial charge >= 0.3 is 6.18 Å². The Bertz CT molecular complexity index is 700. The van der Waals surface area contributed by atoms with Gasteiger partial charge in [0.25, 0.3) is 5.69 Å². The molecule has 0 aliphatic carbocycles. The van der Waals surface area contributed by atoms with Crippen LogP contribution in [-0.4, -0.2) is 15.7 Å². The number of halogens is 3. The van der Waals surface area contributed by atoms with Crippen LogP contribution in [0.4, 0.5) is 18.9 Å². The average Bonchev–Trinajstić information content (AvgIpc) is 2.45. The van der Waals surface area contributed by atoms with Crippen molar-refractivity contribution in [3.05, 3.63) is 69.5 Å². The summed E-state index contributed by atoms with van der Waals surface area (Å²) >= 11 is 0. The zero-order valence-corrected chi connectivity index (χ0v) is 10.3. The number of hydrogen-bond donors (Lipinski definition) is 0. The summed E-state index contributed by atoms with van der Waals surface area (Å²) in [5, 5.41) is 10.9. The van der Waals surface area contributed by atoms with Crippen molar-refractivity contribution in [1.82, 2.24) is 4.98 Å². The molecular formula is C13H7F3N2O3. The van der Waals surface area contributed by atoms with E-state index in [0.29, 0.717) is 18.2 Å². The van der Waals surface area contributed by atoms with Crippen molar-refractivity contribution in [2.75, 3.05) is 0 Å². The molecule has 2 aromatic rings. The lowest BCUT2D eigenvalue weighted by Gasteiger charge is -2.08. The maximum absolute atomic E-state index is 12.7. The van der Waals surface area contributed by atoms with E-state index in [4.69, 9.17) is 0 Å². The van der Waals surface area contributed by atoms with Crippen LogP contribution in [-0.2, 0) is 6.18 Å². The van der Waals surface area contributed by atoms with Crippen molar-refractivity contribution in [3.8, 4) is 0 Å². The van der Waals surface area contributed by atoms with Gasteiger partial charge < -0.3 is 0 Å². The Morgan fingerprint density at radius 3 is 2.43 bits per heavy atom. The number of nitrogens with zero attached hydrogens (tertiary/aromatic N) is 2. The fourth-order valence-corrected chi connectivity index (χ4v) is 1.69. The van der Waals surface area contributed by atoms with Crippen LogP contribution in [0.5, 0.6) is 0 Å². The molecule has 0 unspecified atom stereocenters. The van der Waals surface area contributed by atoms with Crippen molar-refractivity contribution in [3.63, 3.8) is 0 Å². The van der Waals surface area contributed by atoms with Crippen LogP contribution >= 0.6 is 0 Å². The predicted molar refractivity (Wildman–Crippen MR) is 65.8 cm³/mol. The second-order valence-electron chi connectivity index (χ2n) is 4.03.